The fourth-order valence-corrected chi connectivity index (χ4v) is 4.28. The van der Waals surface area contributed by atoms with E-state index in [9.17, 15) is 14.4 Å². The van der Waals surface area contributed by atoms with Gasteiger partial charge in [0.25, 0.3) is 11.5 Å². The van der Waals surface area contributed by atoms with Crippen LogP contribution in [0.2, 0.25) is 0 Å². The molecule has 8 nitrogen and oxygen atoms in total. The normalized spacial score (nSPS) is 15.5. The summed E-state index contributed by atoms with van der Waals surface area (Å²) in [4.78, 5) is 51.7. The molecule has 33 heavy (non-hydrogen) atoms. The van der Waals surface area contributed by atoms with Crippen molar-refractivity contribution in [3.8, 4) is 0 Å². The number of fused-ring (bicyclic) bond motifs is 1. The third-order valence-corrected chi connectivity index (χ3v) is 6.18. The Kier molecular flexibility index (Phi) is 6.82. The Morgan fingerprint density at radius 3 is 2.55 bits per heavy atom. The minimum absolute atomic E-state index is 0.119. The molecule has 0 saturated carbocycles. The number of aromatic amines is 1. The molecule has 2 aromatic heterocycles. The van der Waals surface area contributed by atoms with Gasteiger partial charge in [-0.1, -0.05) is 32.0 Å². The van der Waals surface area contributed by atoms with Crippen LogP contribution in [0.4, 0.5) is 0 Å². The number of nitrogens with one attached hydrogen (secondary N) is 2. The fourth-order valence-electron chi connectivity index (χ4n) is 4.28. The van der Waals surface area contributed by atoms with E-state index in [1.807, 2.05) is 36.9 Å². The summed E-state index contributed by atoms with van der Waals surface area (Å²) >= 11 is 0. The van der Waals surface area contributed by atoms with E-state index >= 15 is 0 Å². The molecule has 0 unspecified atom stereocenters. The quantitative estimate of drug-likeness (QED) is 0.604. The first kappa shape index (κ1) is 22.6. The van der Waals surface area contributed by atoms with Crippen molar-refractivity contribution in [2.45, 2.75) is 39.2 Å². The van der Waals surface area contributed by atoms with Gasteiger partial charge in [0, 0.05) is 25.0 Å². The van der Waals surface area contributed by atoms with Gasteiger partial charge in [0.15, 0.2) is 5.69 Å². The zero-order valence-electron chi connectivity index (χ0n) is 19.0. The molecule has 2 amide bonds. The average Bonchev–Trinajstić information content (AvgIpc) is 2.82. The van der Waals surface area contributed by atoms with E-state index in [2.05, 4.69) is 20.3 Å². The summed E-state index contributed by atoms with van der Waals surface area (Å²) in [6.07, 6.45) is 4.50. The summed E-state index contributed by atoms with van der Waals surface area (Å²) in [5.41, 5.74) is 1.34. The van der Waals surface area contributed by atoms with Crippen LogP contribution in [0.15, 0.2) is 53.5 Å². The van der Waals surface area contributed by atoms with Crippen LogP contribution in [0.5, 0.6) is 0 Å². The van der Waals surface area contributed by atoms with Crippen LogP contribution in [0.3, 0.4) is 0 Å². The SMILES string of the molecule is CC(C)[C@H](NC(=O)c1nc2ccccc2[nH]c1=O)C(=O)N1CCC(Cc2ccccn2)CC1. The predicted molar refractivity (Wildman–Crippen MR) is 126 cm³/mol. The molecule has 0 radical (unpaired) electrons. The number of amides is 2. The van der Waals surface area contributed by atoms with Gasteiger partial charge in [-0.15, -0.1) is 0 Å². The Morgan fingerprint density at radius 2 is 1.85 bits per heavy atom. The zero-order chi connectivity index (χ0) is 23.4. The Bertz CT molecular complexity index is 1180. The van der Waals surface area contributed by atoms with Gasteiger partial charge >= 0.3 is 0 Å². The predicted octanol–water partition coefficient (Wildman–Crippen LogP) is 2.55. The molecule has 4 rings (SSSR count). The maximum absolute atomic E-state index is 13.3. The Morgan fingerprint density at radius 1 is 1.12 bits per heavy atom. The number of carbonyl (C=O) groups excluding carboxylic acids is 2. The van der Waals surface area contributed by atoms with Gasteiger partial charge in [-0.2, -0.15) is 0 Å². The lowest BCUT2D eigenvalue weighted by atomic mass is 9.91. The van der Waals surface area contributed by atoms with Crippen molar-refractivity contribution < 1.29 is 9.59 Å². The second-order valence-corrected chi connectivity index (χ2v) is 8.92. The maximum Gasteiger partial charge on any atom is 0.280 e. The van der Waals surface area contributed by atoms with Crippen LogP contribution in [-0.4, -0.2) is 50.8 Å². The molecule has 0 bridgehead atoms. The van der Waals surface area contributed by atoms with Gasteiger partial charge in [-0.25, -0.2) is 4.98 Å². The number of rotatable bonds is 6. The highest BCUT2D eigenvalue weighted by Crippen LogP contribution is 2.22. The fraction of sp³-hybridized carbons (Fsp3) is 0.400. The second kappa shape index (κ2) is 9.94. The van der Waals surface area contributed by atoms with Gasteiger partial charge in [0.05, 0.1) is 11.0 Å². The summed E-state index contributed by atoms with van der Waals surface area (Å²) in [5.74, 6) is -0.408. The van der Waals surface area contributed by atoms with Gasteiger partial charge in [0.2, 0.25) is 5.91 Å². The number of piperidine rings is 1. The molecule has 3 aromatic rings. The number of carbonyl (C=O) groups is 2. The van der Waals surface area contributed by atoms with E-state index < -0.39 is 17.5 Å². The maximum atomic E-state index is 13.3. The number of H-pyrrole nitrogens is 1. The van der Waals surface area contributed by atoms with E-state index in [0.717, 1.165) is 25.0 Å². The van der Waals surface area contributed by atoms with Crippen molar-refractivity contribution in [2.75, 3.05) is 13.1 Å². The van der Waals surface area contributed by atoms with Crippen molar-refractivity contribution in [3.05, 3.63) is 70.4 Å². The Labute approximate surface area is 192 Å². The van der Waals surface area contributed by atoms with Crippen LogP contribution in [-0.2, 0) is 11.2 Å². The van der Waals surface area contributed by atoms with Crippen LogP contribution in [0.25, 0.3) is 11.0 Å². The van der Waals surface area contributed by atoms with Crippen molar-refractivity contribution in [1.29, 1.82) is 0 Å². The molecule has 1 aliphatic heterocycles. The lowest BCUT2D eigenvalue weighted by Crippen LogP contribution is -2.53. The number of likely N-dealkylation sites (tertiary alicyclic amines) is 1. The van der Waals surface area contributed by atoms with Crippen molar-refractivity contribution >= 4 is 22.8 Å². The van der Waals surface area contributed by atoms with Crippen molar-refractivity contribution in [1.82, 2.24) is 25.2 Å². The lowest BCUT2D eigenvalue weighted by molar-refractivity contribution is -0.135. The molecule has 1 saturated heterocycles. The summed E-state index contributed by atoms with van der Waals surface area (Å²) in [6, 6.07) is 12.2. The number of nitrogens with zero attached hydrogens (tertiary/aromatic N) is 3. The third-order valence-electron chi connectivity index (χ3n) is 6.18. The number of hydrogen-bond acceptors (Lipinski definition) is 5. The van der Waals surface area contributed by atoms with Gasteiger partial charge < -0.3 is 15.2 Å². The van der Waals surface area contributed by atoms with Crippen LogP contribution in [0.1, 0.15) is 42.9 Å². The third kappa shape index (κ3) is 5.27. The molecule has 2 N–H and O–H groups in total. The average molecular weight is 448 g/mol. The molecule has 1 fully saturated rings. The van der Waals surface area contributed by atoms with E-state index in [-0.39, 0.29) is 17.5 Å². The van der Waals surface area contributed by atoms with Crippen LogP contribution >= 0.6 is 0 Å². The Hall–Kier alpha value is -3.55. The molecule has 1 aromatic carbocycles. The number of para-hydroxylation sites is 2. The topological polar surface area (TPSA) is 108 Å². The van der Waals surface area contributed by atoms with E-state index in [0.29, 0.717) is 30.0 Å². The van der Waals surface area contributed by atoms with Gasteiger partial charge in [0.1, 0.15) is 6.04 Å². The number of pyridine rings is 1. The van der Waals surface area contributed by atoms with Gasteiger partial charge in [-0.05, 0) is 55.4 Å². The van der Waals surface area contributed by atoms with Crippen LogP contribution in [0, 0.1) is 11.8 Å². The smallest absolute Gasteiger partial charge is 0.280 e. The Balaban J connectivity index is 1.41. The minimum atomic E-state index is -0.725. The second-order valence-electron chi connectivity index (χ2n) is 8.92. The summed E-state index contributed by atoms with van der Waals surface area (Å²) < 4.78 is 0. The minimum Gasteiger partial charge on any atom is -0.341 e. The number of benzene rings is 1. The molecule has 1 atom stereocenters. The van der Waals surface area contributed by atoms with Crippen molar-refractivity contribution in [2.24, 2.45) is 11.8 Å². The number of hydrogen-bond donors (Lipinski definition) is 2. The molecule has 1 aliphatic rings. The van der Waals surface area contributed by atoms with Gasteiger partial charge in [-0.3, -0.25) is 19.4 Å². The molecule has 0 aliphatic carbocycles. The first-order valence-electron chi connectivity index (χ1n) is 11.4. The highest BCUT2D eigenvalue weighted by molar-refractivity contribution is 5.97. The summed E-state index contributed by atoms with van der Waals surface area (Å²) in [5, 5.41) is 2.76. The monoisotopic (exact) mass is 447 g/mol. The standard InChI is InChI=1S/C25H29N5O3/c1-16(2)21(29-24(32)22-23(31)28-20-9-4-3-8-19(20)27-22)25(33)30-13-10-17(11-14-30)15-18-7-5-6-12-26-18/h3-9,12,16-17,21H,10-11,13-15H2,1-2H3,(H,28,31)(H,29,32)/t21-/m0/s1. The molecular weight excluding hydrogens is 418 g/mol. The first-order chi connectivity index (χ1) is 15.9. The largest absolute Gasteiger partial charge is 0.341 e. The molecular formula is C25H29N5O3. The molecule has 172 valence electrons. The molecule has 8 heteroatoms. The number of aromatic nitrogens is 3. The zero-order valence-corrected chi connectivity index (χ0v) is 19.0. The highest BCUT2D eigenvalue weighted by atomic mass is 16.2. The summed E-state index contributed by atoms with van der Waals surface area (Å²) in [7, 11) is 0. The van der Waals surface area contributed by atoms with E-state index in [1.165, 1.54) is 0 Å². The van der Waals surface area contributed by atoms with Crippen LogP contribution < -0.4 is 10.9 Å². The summed E-state index contributed by atoms with van der Waals surface area (Å²) in [6.45, 7) is 5.05. The highest BCUT2D eigenvalue weighted by Gasteiger charge is 2.32. The van der Waals surface area contributed by atoms with E-state index in [4.69, 9.17) is 0 Å². The van der Waals surface area contributed by atoms with Crippen molar-refractivity contribution in [3.63, 3.8) is 0 Å². The first-order valence-corrected chi connectivity index (χ1v) is 11.4. The molecule has 0 spiro atoms. The molecule has 3 heterocycles. The van der Waals surface area contributed by atoms with E-state index in [1.54, 1.807) is 30.5 Å². The lowest BCUT2D eigenvalue weighted by Gasteiger charge is -2.35.